The summed E-state index contributed by atoms with van der Waals surface area (Å²) in [5.41, 5.74) is 0.453. The number of nitrogens with zero attached hydrogens (tertiary/aromatic N) is 1. The van der Waals surface area contributed by atoms with Gasteiger partial charge in [-0.25, -0.2) is 0 Å². The number of hydrogen-bond donors (Lipinski definition) is 1. The third-order valence-electron chi connectivity index (χ3n) is 2.49. The summed E-state index contributed by atoms with van der Waals surface area (Å²) < 4.78 is 0. The lowest BCUT2D eigenvalue weighted by molar-refractivity contribution is 0.184. The van der Waals surface area contributed by atoms with Crippen LogP contribution >= 0.6 is 0 Å². The Morgan fingerprint density at radius 3 is 2.55 bits per heavy atom. The van der Waals surface area contributed by atoms with Crippen molar-refractivity contribution in [3.05, 3.63) is 0 Å². The van der Waals surface area contributed by atoms with Gasteiger partial charge in [0.15, 0.2) is 0 Å². The predicted molar refractivity (Wildman–Crippen MR) is 46.5 cm³/mol. The highest BCUT2D eigenvalue weighted by molar-refractivity contribution is 4.87. The van der Waals surface area contributed by atoms with Crippen molar-refractivity contribution in [2.75, 3.05) is 19.7 Å². The van der Waals surface area contributed by atoms with Crippen LogP contribution in [0.3, 0.4) is 0 Å². The Kier molecular flexibility index (Phi) is 2.55. The number of rotatable bonds is 2. The molecule has 0 aromatic rings. The summed E-state index contributed by atoms with van der Waals surface area (Å²) in [6.07, 6.45) is 1.26. The predicted octanol–water partition coefficient (Wildman–Crippen LogP) is 1.10. The second-order valence-electron chi connectivity index (χ2n) is 4.41. The van der Waals surface area contributed by atoms with Gasteiger partial charge in [-0.1, -0.05) is 13.8 Å². The van der Waals surface area contributed by atoms with E-state index in [0.717, 1.165) is 13.1 Å². The van der Waals surface area contributed by atoms with Gasteiger partial charge in [0.1, 0.15) is 0 Å². The van der Waals surface area contributed by atoms with E-state index >= 15 is 0 Å². The van der Waals surface area contributed by atoms with Gasteiger partial charge in [0, 0.05) is 19.1 Å². The molecule has 2 nitrogen and oxygen atoms in total. The van der Waals surface area contributed by atoms with Crippen molar-refractivity contribution in [2.24, 2.45) is 5.41 Å². The molecule has 0 aromatic carbocycles. The summed E-state index contributed by atoms with van der Waals surface area (Å²) in [5.74, 6) is 0. The molecule has 1 atom stereocenters. The molecule has 11 heavy (non-hydrogen) atoms. The smallest absolute Gasteiger partial charge is 0.0558 e. The van der Waals surface area contributed by atoms with Crippen LogP contribution in [0.5, 0.6) is 0 Å². The van der Waals surface area contributed by atoms with Crippen molar-refractivity contribution in [1.82, 2.24) is 4.90 Å². The third-order valence-corrected chi connectivity index (χ3v) is 2.49. The summed E-state index contributed by atoms with van der Waals surface area (Å²) in [7, 11) is 0. The van der Waals surface area contributed by atoms with E-state index in [1.807, 2.05) is 0 Å². The number of β-amino-alcohol motifs (C(OH)–C–C–N with tert-alkyl or cyclic N) is 1. The van der Waals surface area contributed by atoms with Gasteiger partial charge in [-0.3, -0.25) is 4.90 Å². The molecular weight excluding hydrogens is 138 g/mol. The normalized spacial score (nSPS) is 31.1. The minimum atomic E-state index is 0.292. The quantitative estimate of drug-likeness (QED) is 0.649. The third kappa shape index (κ3) is 2.17. The topological polar surface area (TPSA) is 23.5 Å². The van der Waals surface area contributed by atoms with Gasteiger partial charge < -0.3 is 5.11 Å². The Bertz CT molecular complexity index is 134. The first kappa shape index (κ1) is 9.01. The molecular formula is C9H19NO. The lowest BCUT2D eigenvalue weighted by Crippen LogP contribution is -2.30. The second-order valence-corrected chi connectivity index (χ2v) is 4.41. The van der Waals surface area contributed by atoms with Crippen molar-refractivity contribution >= 4 is 0 Å². The Labute approximate surface area is 69.2 Å². The summed E-state index contributed by atoms with van der Waals surface area (Å²) in [6, 6.07) is 0.650. The average Bonchev–Trinajstić information content (AvgIpc) is 2.07. The minimum absolute atomic E-state index is 0.292. The van der Waals surface area contributed by atoms with Crippen molar-refractivity contribution in [3.8, 4) is 0 Å². The van der Waals surface area contributed by atoms with Crippen LogP contribution in [-0.4, -0.2) is 35.7 Å². The fourth-order valence-corrected chi connectivity index (χ4v) is 2.13. The maximum absolute atomic E-state index is 8.77. The molecule has 0 bridgehead atoms. The molecule has 1 fully saturated rings. The standard InChI is InChI=1S/C9H19NO/c1-8-6-9(2,3)7-10(8)4-5-11/h8,11H,4-7H2,1-3H3. The van der Waals surface area contributed by atoms with Gasteiger partial charge in [-0.05, 0) is 18.8 Å². The van der Waals surface area contributed by atoms with Gasteiger partial charge in [0.25, 0.3) is 0 Å². The molecule has 0 amide bonds. The Morgan fingerprint density at radius 2 is 2.18 bits per heavy atom. The second kappa shape index (κ2) is 3.11. The van der Waals surface area contributed by atoms with Crippen LogP contribution in [0, 0.1) is 5.41 Å². The Morgan fingerprint density at radius 1 is 1.55 bits per heavy atom. The van der Waals surface area contributed by atoms with E-state index in [9.17, 15) is 0 Å². The zero-order valence-corrected chi connectivity index (χ0v) is 7.80. The van der Waals surface area contributed by atoms with E-state index in [1.165, 1.54) is 6.42 Å². The van der Waals surface area contributed by atoms with Crippen LogP contribution in [-0.2, 0) is 0 Å². The van der Waals surface area contributed by atoms with Crippen LogP contribution in [0.15, 0.2) is 0 Å². The van der Waals surface area contributed by atoms with E-state index in [2.05, 4.69) is 25.7 Å². The number of aliphatic hydroxyl groups excluding tert-OH is 1. The molecule has 1 N–H and O–H groups in total. The van der Waals surface area contributed by atoms with E-state index < -0.39 is 0 Å². The van der Waals surface area contributed by atoms with Crippen molar-refractivity contribution < 1.29 is 5.11 Å². The van der Waals surface area contributed by atoms with E-state index in [4.69, 9.17) is 5.11 Å². The largest absolute Gasteiger partial charge is 0.395 e. The summed E-state index contributed by atoms with van der Waals surface area (Å²) in [5, 5.41) is 8.77. The van der Waals surface area contributed by atoms with Gasteiger partial charge in [0.05, 0.1) is 6.61 Å². The zero-order valence-electron chi connectivity index (χ0n) is 7.80. The summed E-state index contributed by atoms with van der Waals surface area (Å²) in [6.45, 7) is 9.09. The van der Waals surface area contributed by atoms with Gasteiger partial charge in [-0.15, -0.1) is 0 Å². The molecule has 66 valence electrons. The van der Waals surface area contributed by atoms with Gasteiger partial charge in [0.2, 0.25) is 0 Å². The Hall–Kier alpha value is -0.0800. The molecule has 2 heteroatoms. The molecule has 0 aliphatic carbocycles. The van der Waals surface area contributed by atoms with Gasteiger partial charge >= 0.3 is 0 Å². The molecule has 1 aliphatic rings. The fourth-order valence-electron chi connectivity index (χ4n) is 2.13. The van der Waals surface area contributed by atoms with Crippen molar-refractivity contribution in [2.45, 2.75) is 33.2 Å². The highest BCUT2D eigenvalue weighted by atomic mass is 16.3. The van der Waals surface area contributed by atoms with E-state index in [-0.39, 0.29) is 0 Å². The lowest BCUT2D eigenvalue weighted by atomic mass is 9.91. The van der Waals surface area contributed by atoms with Crippen molar-refractivity contribution in [3.63, 3.8) is 0 Å². The molecule has 1 heterocycles. The summed E-state index contributed by atoms with van der Waals surface area (Å²) in [4.78, 5) is 2.36. The highest BCUT2D eigenvalue weighted by Gasteiger charge is 2.33. The number of likely N-dealkylation sites (tertiary alicyclic amines) is 1. The maximum Gasteiger partial charge on any atom is 0.0558 e. The SMILES string of the molecule is CC1CC(C)(C)CN1CCO. The first-order valence-corrected chi connectivity index (χ1v) is 4.40. The minimum Gasteiger partial charge on any atom is -0.395 e. The zero-order chi connectivity index (χ0) is 8.48. The first-order valence-electron chi connectivity index (χ1n) is 4.40. The van der Waals surface area contributed by atoms with E-state index in [0.29, 0.717) is 18.1 Å². The first-order chi connectivity index (χ1) is 5.05. The molecule has 1 aliphatic heterocycles. The van der Waals surface area contributed by atoms with Crippen LogP contribution in [0.4, 0.5) is 0 Å². The molecule has 1 rings (SSSR count). The number of hydrogen-bond acceptors (Lipinski definition) is 2. The van der Waals surface area contributed by atoms with Crippen LogP contribution in [0.2, 0.25) is 0 Å². The molecule has 0 aromatic heterocycles. The molecule has 0 saturated carbocycles. The van der Waals surface area contributed by atoms with E-state index in [1.54, 1.807) is 0 Å². The van der Waals surface area contributed by atoms with Crippen molar-refractivity contribution in [1.29, 1.82) is 0 Å². The van der Waals surface area contributed by atoms with Crippen LogP contribution < -0.4 is 0 Å². The average molecular weight is 157 g/mol. The Balaban J connectivity index is 2.45. The lowest BCUT2D eigenvalue weighted by Gasteiger charge is -2.20. The summed E-state index contributed by atoms with van der Waals surface area (Å²) >= 11 is 0. The molecule has 1 unspecified atom stereocenters. The monoisotopic (exact) mass is 157 g/mol. The molecule has 1 saturated heterocycles. The molecule has 0 radical (unpaired) electrons. The highest BCUT2D eigenvalue weighted by Crippen LogP contribution is 2.32. The fraction of sp³-hybridized carbons (Fsp3) is 1.00. The number of aliphatic hydroxyl groups is 1. The van der Waals surface area contributed by atoms with Crippen LogP contribution in [0.25, 0.3) is 0 Å². The maximum atomic E-state index is 8.77. The molecule has 0 spiro atoms. The van der Waals surface area contributed by atoms with Gasteiger partial charge in [-0.2, -0.15) is 0 Å². The van der Waals surface area contributed by atoms with Crippen LogP contribution in [0.1, 0.15) is 27.2 Å².